The summed E-state index contributed by atoms with van der Waals surface area (Å²) in [5.41, 5.74) is 5.46. The van der Waals surface area contributed by atoms with Gasteiger partial charge in [0.1, 0.15) is 5.60 Å². The second-order valence-electron chi connectivity index (χ2n) is 13.0. The Balaban J connectivity index is 1.50. The molecule has 0 aliphatic heterocycles. The van der Waals surface area contributed by atoms with Crippen molar-refractivity contribution in [3.05, 3.63) is 130 Å². The third-order valence-corrected chi connectivity index (χ3v) is 10.2. The van der Waals surface area contributed by atoms with Crippen molar-refractivity contribution in [3.63, 3.8) is 0 Å². The van der Waals surface area contributed by atoms with Gasteiger partial charge in [0, 0.05) is 37.8 Å². The first-order chi connectivity index (χ1) is 23.7. The van der Waals surface area contributed by atoms with Crippen molar-refractivity contribution in [3.8, 4) is 0 Å². The molecule has 5 rings (SSSR count). The van der Waals surface area contributed by atoms with Crippen LogP contribution in [0.5, 0.6) is 0 Å². The number of rotatable bonds is 13. The summed E-state index contributed by atoms with van der Waals surface area (Å²) in [4.78, 5) is 37.3. The van der Waals surface area contributed by atoms with E-state index in [0.717, 1.165) is 55.2 Å². The first kappa shape index (κ1) is 36.0. The topological polar surface area (TPSA) is 153 Å². The molecule has 0 saturated carbocycles. The van der Waals surface area contributed by atoms with E-state index < -0.39 is 43.1 Å². The van der Waals surface area contributed by atoms with Gasteiger partial charge in [0.2, 0.25) is 15.9 Å². The van der Waals surface area contributed by atoms with Crippen molar-refractivity contribution < 1.29 is 27.7 Å². The average molecular weight is 697 g/mol. The number of amides is 2. The Kier molecular flexibility index (Phi) is 10.8. The molecule has 260 valence electrons. The highest BCUT2D eigenvalue weighted by Gasteiger charge is 2.33. The first-order valence-electron chi connectivity index (χ1n) is 16.2. The van der Waals surface area contributed by atoms with Crippen molar-refractivity contribution in [2.45, 2.75) is 50.7 Å². The zero-order valence-electron chi connectivity index (χ0n) is 28.2. The highest BCUT2D eigenvalue weighted by atomic mass is 32.2. The van der Waals surface area contributed by atoms with Gasteiger partial charge >= 0.3 is 6.09 Å². The number of aryl methyl sites for hydroxylation is 1. The zero-order valence-corrected chi connectivity index (χ0v) is 29.1. The van der Waals surface area contributed by atoms with E-state index in [1.165, 1.54) is 4.90 Å². The van der Waals surface area contributed by atoms with Crippen LogP contribution in [0.4, 0.5) is 10.5 Å². The van der Waals surface area contributed by atoms with Crippen molar-refractivity contribution >= 4 is 49.3 Å². The number of primary amides is 1. The molecule has 0 unspecified atom stereocenters. The maximum Gasteiger partial charge on any atom is 0.410 e. The molecule has 2 amide bonds. The number of nitro benzene ring substituents is 1. The van der Waals surface area contributed by atoms with Crippen LogP contribution < -0.4 is 5.73 Å². The van der Waals surface area contributed by atoms with Gasteiger partial charge in [-0.25, -0.2) is 13.2 Å². The van der Waals surface area contributed by atoms with Crippen LogP contribution in [-0.2, 0) is 27.7 Å². The molecule has 2 N–H and O–H groups in total. The normalized spacial score (nSPS) is 11.9. The Morgan fingerprint density at radius 3 is 2.00 bits per heavy atom. The van der Waals surface area contributed by atoms with Crippen LogP contribution in [0.25, 0.3) is 21.5 Å². The predicted molar refractivity (Wildman–Crippen MR) is 193 cm³/mol. The second-order valence-corrected chi connectivity index (χ2v) is 14.9. The highest BCUT2D eigenvalue weighted by Crippen LogP contribution is 2.31. The summed E-state index contributed by atoms with van der Waals surface area (Å²) in [5, 5.41) is 16.3. The Bertz CT molecular complexity index is 2090. The molecule has 0 spiro atoms. The quantitative estimate of drug-likeness (QED) is 0.0786. The van der Waals surface area contributed by atoms with Crippen LogP contribution >= 0.6 is 0 Å². The van der Waals surface area contributed by atoms with E-state index in [2.05, 4.69) is 6.07 Å². The molecule has 50 heavy (non-hydrogen) atoms. The summed E-state index contributed by atoms with van der Waals surface area (Å²) in [5.74, 6) is -0.926. The number of hydrogen-bond acceptors (Lipinski definition) is 7. The van der Waals surface area contributed by atoms with Gasteiger partial charge in [0.05, 0.1) is 4.92 Å². The number of carbonyl (C=O) groups excluding carboxylic acids is 2. The van der Waals surface area contributed by atoms with E-state index in [-0.39, 0.29) is 31.7 Å². The van der Waals surface area contributed by atoms with E-state index in [0.29, 0.717) is 12.8 Å². The fourth-order valence-electron chi connectivity index (χ4n) is 5.93. The molecule has 0 heterocycles. The molecule has 5 aromatic carbocycles. The number of nitrogens with zero attached hydrogens (tertiary/aromatic N) is 3. The molecule has 5 aromatic rings. The third-order valence-electron chi connectivity index (χ3n) is 8.26. The van der Waals surface area contributed by atoms with Crippen molar-refractivity contribution in [2.24, 2.45) is 5.73 Å². The van der Waals surface area contributed by atoms with Gasteiger partial charge in [-0.15, -0.1) is 0 Å². The van der Waals surface area contributed by atoms with Crippen LogP contribution in [0.1, 0.15) is 48.7 Å². The number of nitrogens with two attached hydrogens (primary N) is 1. The molecule has 0 bridgehead atoms. The Hall–Kier alpha value is -5.33. The fraction of sp³-hybridized carbons (Fsp3) is 0.263. The van der Waals surface area contributed by atoms with Crippen LogP contribution in [0.3, 0.4) is 0 Å². The van der Waals surface area contributed by atoms with Gasteiger partial charge in [-0.1, -0.05) is 78.9 Å². The van der Waals surface area contributed by atoms with Gasteiger partial charge in [-0.3, -0.25) is 14.9 Å². The van der Waals surface area contributed by atoms with Crippen molar-refractivity contribution in [2.75, 3.05) is 19.6 Å². The minimum Gasteiger partial charge on any atom is -0.444 e. The maximum atomic E-state index is 14.3. The number of fused-ring (bicyclic) bond motifs is 2. The zero-order chi connectivity index (χ0) is 36.1. The number of nitro groups is 1. The van der Waals surface area contributed by atoms with Crippen LogP contribution in [0, 0.1) is 10.1 Å². The summed E-state index contributed by atoms with van der Waals surface area (Å²) >= 11 is 0. The van der Waals surface area contributed by atoms with Gasteiger partial charge in [-0.05, 0) is 84.5 Å². The highest BCUT2D eigenvalue weighted by molar-refractivity contribution is 7.89. The van der Waals surface area contributed by atoms with E-state index in [1.807, 2.05) is 78.9 Å². The Morgan fingerprint density at radius 2 is 1.42 bits per heavy atom. The number of sulfonamides is 1. The van der Waals surface area contributed by atoms with Gasteiger partial charge in [0.25, 0.3) is 5.69 Å². The monoisotopic (exact) mass is 696 g/mol. The molecule has 0 aliphatic rings. The Labute approximate surface area is 291 Å². The summed E-state index contributed by atoms with van der Waals surface area (Å²) in [6.07, 6.45) is 0.254. The lowest BCUT2D eigenvalue weighted by molar-refractivity contribution is -0.387. The lowest BCUT2D eigenvalue weighted by Crippen LogP contribution is -2.43. The number of hydrogen-bond donors (Lipinski definition) is 1. The molecule has 0 atom stereocenters. The standard InChI is InChI=1S/C38H40N4O7S/c1-38(2,3)49-37(44)40(26-27-12-5-4-6-13-27)22-23-41(50(47,48)35-20-19-30(36(39)43)25-34(35)42(45)46)21-11-18-33-31-16-9-7-14-28(31)24-29-15-8-10-17-32(29)33/h4-10,12-17,19-20,24-25H,11,18,21-23,26H2,1-3H3,(H2,39,43). The summed E-state index contributed by atoms with van der Waals surface area (Å²) in [6.45, 7) is 5.13. The molecule has 11 nitrogen and oxygen atoms in total. The number of benzene rings is 5. The molecular weight excluding hydrogens is 657 g/mol. The molecule has 0 aliphatic carbocycles. The van der Waals surface area contributed by atoms with E-state index >= 15 is 0 Å². The average Bonchev–Trinajstić information content (AvgIpc) is 3.07. The molecule has 12 heteroatoms. The summed E-state index contributed by atoms with van der Waals surface area (Å²) < 4.78 is 35.5. The maximum absolute atomic E-state index is 14.3. The lowest BCUT2D eigenvalue weighted by atomic mass is 9.94. The lowest BCUT2D eigenvalue weighted by Gasteiger charge is -2.30. The largest absolute Gasteiger partial charge is 0.444 e. The Morgan fingerprint density at radius 1 is 0.820 bits per heavy atom. The molecule has 0 fully saturated rings. The van der Waals surface area contributed by atoms with E-state index in [1.54, 1.807) is 20.8 Å². The number of ether oxygens (including phenoxy) is 1. The summed E-state index contributed by atoms with van der Waals surface area (Å²) in [6, 6.07) is 30.4. The van der Waals surface area contributed by atoms with Gasteiger partial charge in [-0.2, -0.15) is 4.31 Å². The minimum absolute atomic E-state index is 0.0118. The van der Waals surface area contributed by atoms with Gasteiger partial charge in [0.15, 0.2) is 4.90 Å². The fourth-order valence-corrected chi connectivity index (χ4v) is 7.54. The second kappa shape index (κ2) is 15.1. The van der Waals surface area contributed by atoms with Crippen LogP contribution in [-0.4, -0.2) is 59.8 Å². The third kappa shape index (κ3) is 8.44. The molecule has 0 saturated heterocycles. The smallest absolute Gasteiger partial charge is 0.410 e. The van der Waals surface area contributed by atoms with E-state index in [9.17, 15) is 28.1 Å². The SMILES string of the molecule is CC(C)(C)OC(=O)N(CCN(CCCc1c2ccccc2cc2ccccc12)S(=O)(=O)c1ccc(C(N)=O)cc1[N+](=O)[O-])Cc1ccccc1. The van der Waals surface area contributed by atoms with Crippen LogP contribution in [0.15, 0.2) is 108 Å². The van der Waals surface area contributed by atoms with Crippen molar-refractivity contribution in [1.82, 2.24) is 9.21 Å². The molecular formula is C38H40N4O7S. The van der Waals surface area contributed by atoms with E-state index in [4.69, 9.17) is 10.5 Å². The molecule has 0 aromatic heterocycles. The van der Waals surface area contributed by atoms with Crippen molar-refractivity contribution in [1.29, 1.82) is 0 Å². The minimum atomic E-state index is -4.53. The first-order valence-corrected chi connectivity index (χ1v) is 17.7. The van der Waals surface area contributed by atoms with Crippen LogP contribution in [0.2, 0.25) is 0 Å². The molecule has 0 radical (unpaired) electrons. The summed E-state index contributed by atoms with van der Waals surface area (Å²) in [7, 11) is -4.53. The number of carbonyl (C=O) groups is 2. The van der Waals surface area contributed by atoms with Gasteiger partial charge < -0.3 is 15.4 Å². The predicted octanol–water partition coefficient (Wildman–Crippen LogP) is 7.06.